The van der Waals surface area contributed by atoms with Crippen LogP contribution >= 0.6 is 54.6 Å². The highest BCUT2D eigenvalue weighted by atomic mass is 35.5. The van der Waals surface area contributed by atoms with Crippen LogP contribution in [-0.4, -0.2) is 11.2 Å². The van der Waals surface area contributed by atoms with Gasteiger partial charge >= 0.3 is 0 Å². The quantitative estimate of drug-likeness (QED) is 0.476. The standard InChI is InChI=1S/C6H7Cl2NS3/c1-12(11-10)4-2-3-5(7)9-6(4)8/h2-3,10,12H,1H3. The van der Waals surface area contributed by atoms with Crippen LogP contribution < -0.4 is 0 Å². The molecular weight excluding hydrogens is 253 g/mol. The van der Waals surface area contributed by atoms with Gasteiger partial charge in [0.1, 0.15) is 10.3 Å². The number of rotatable bonds is 2. The molecule has 1 aromatic rings. The van der Waals surface area contributed by atoms with Crippen molar-refractivity contribution < 1.29 is 0 Å². The maximum absolute atomic E-state index is 5.88. The van der Waals surface area contributed by atoms with Crippen LogP contribution in [0.2, 0.25) is 10.3 Å². The van der Waals surface area contributed by atoms with Gasteiger partial charge in [-0.05, 0) is 28.2 Å². The van der Waals surface area contributed by atoms with E-state index in [9.17, 15) is 0 Å². The third kappa shape index (κ3) is 2.64. The Morgan fingerprint density at radius 2 is 2.17 bits per heavy atom. The van der Waals surface area contributed by atoms with Gasteiger partial charge in [-0.25, -0.2) is 4.98 Å². The maximum atomic E-state index is 5.88. The smallest absolute Gasteiger partial charge is 0.143 e. The highest BCUT2D eigenvalue weighted by Gasteiger charge is 2.06. The van der Waals surface area contributed by atoms with E-state index in [4.69, 9.17) is 23.2 Å². The summed E-state index contributed by atoms with van der Waals surface area (Å²) in [6, 6.07) is 3.64. The van der Waals surface area contributed by atoms with Gasteiger partial charge in [0.2, 0.25) is 0 Å². The summed E-state index contributed by atoms with van der Waals surface area (Å²) in [6.07, 6.45) is 2.07. The zero-order valence-corrected chi connectivity index (χ0v) is 10.3. The average Bonchev–Trinajstić information content (AvgIpc) is 2.03. The lowest BCUT2D eigenvalue weighted by atomic mass is 10.5. The van der Waals surface area contributed by atoms with E-state index in [1.165, 1.54) is 9.83 Å². The summed E-state index contributed by atoms with van der Waals surface area (Å²) in [6.45, 7) is 0. The summed E-state index contributed by atoms with van der Waals surface area (Å²) >= 11 is 15.7. The molecule has 0 saturated carbocycles. The first kappa shape index (κ1) is 10.9. The van der Waals surface area contributed by atoms with Gasteiger partial charge in [0.05, 0.1) is 0 Å². The topological polar surface area (TPSA) is 12.9 Å². The molecule has 0 radical (unpaired) electrons. The number of hydrogen-bond donors (Lipinski definition) is 2. The van der Waals surface area contributed by atoms with Crippen molar-refractivity contribution >= 4 is 54.6 Å². The Bertz CT molecular complexity index is 281. The summed E-state index contributed by atoms with van der Waals surface area (Å²) in [5.41, 5.74) is 0. The second kappa shape index (κ2) is 4.86. The number of pyridine rings is 1. The normalized spacial score (nSPS) is 14.5. The van der Waals surface area contributed by atoms with Gasteiger partial charge in [-0.2, -0.15) is 9.93 Å². The predicted molar refractivity (Wildman–Crippen MR) is 64.0 cm³/mol. The fourth-order valence-electron chi connectivity index (χ4n) is 0.684. The van der Waals surface area contributed by atoms with E-state index in [1.54, 1.807) is 6.07 Å². The van der Waals surface area contributed by atoms with Gasteiger partial charge in [0.15, 0.2) is 0 Å². The summed E-state index contributed by atoms with van der Waals surface area (Å²) in [5.74, 6) is 0. The minimum Gasteiger partial charge on any atom is -0.223 e. The minimum atomic E-state index is -0.379. The highest BCUT2D eigenvalue weighted by molar-refractivity contribution is 9.10. The van der Waals surface area contributed by atoms with Crippen LogP contribution in [0.25, 0.3) is 0 Å². The Morgan fingerprint density at radius 3 is 2.67 bits per heavy atom. The molecule has 0 aromatic carbocycles. The number of thiol groups is 2. The van der Waals surface area contributed by atoms with Gasteiger partial charge < -0.3 is 0 Å². The van der Waals surface area contributed by atoms with Gasteiger partial charge in [-0.1, -0.05) is 23.2 Å². The van der Waals surface area contributed by atoms with E-state index < -0.39 is 0 Å². The number of halogens is 2. The highest BCUT2D eigenvalue weighted by Crippen LogP contribution is 2.49. The van der Waals surface area contributed by atoms with Crippen LogP contribution in [0.3, 0.4) is 0 Å². The predicted octanol–water partition coefficient (Wildman–Crippen LogP) is 3.87. The van der Waals surface area contributed by atoms with E-state index in [2.05, 4.69) is 22.9 Å². The summed E-state index contributed by atoms with van der Waals surface area (Å²) in [5, 5.41) is 0.911. The molecule has 12 heavy (non-hydrogen) atoms. The SMILES string of the molecule is C[SH](SS)c1ccc(Cl)nc1Cl. The van der Waals surface area contributed by atoms with E-state index in [-0.39, 0.29) is 9.93 Å². The Balaban J connectivity index is 3.01. The molecule has 0 aliphatic rings. The van der Waals surface area contributed by atoms with Gasteiger partial charge in [-0.15, -0.1) is 11.7 Å². The first-order valence-corrected chi connectivity index (χ1v) is 8.04. The Hall–Kier alpha value is 0.780. The molecule has 68 valence electrons. The molecular formula is C6H7Cl2NS3. The Morgan fingerprint density at radius 1 is 1.50 bits per heavy atom. The third-order valence-electron chi connectivity index (χ3n) is 1.26. The minimum absolute atomic E-state index is 0.379. The molecule has 1 atom stereocenters. The van der Waals surface area contributed by atoms with Gasteiger partial charge in [0.25, 0.3) is 0 Å². The molecule has 1 unspecified atom stereocenters. The zero-order chi connectivity index (χ0) is 9.14. The van der Waals surface area contributed by atoms with Crippen LogP contribution in [0.5, 0.6) is 0 Å². The molecule has 0 saturated heterocycles. The van der Waals surface area contributed by atoms with Gasteiger partial charge in [-0.3, -0.25) is 0 Å². The molecule has 1 rings (SSSR count). The van der Waals surface area contributed by atoms with E-state index in [0.29, 0.717) is 10.3 Å². The molecule has 1 nitrogen and oxygen atoms in total. The van der Waals surface area contributed by atoms with Gasteiger partial charge in [0, 0.05) is 4.90 Å². The molecule has 0 aliphatic carbocycles. The van der Waals surface area contributed by atoms with Crippen LogP contribution in [-0.2, 0) is 0 Å². The molecule has 0 fully saturated rings. The fraction of sp³-hybridized carbons (Fsp3) is 0.167. The zero-order valence-electron chi connectivity index (χ0n) is 6.16. The van der Waals surface area contributed by atoms with E-state index in [1.807, 2.05) is 6.07 Å². The second-order valence-corrected chi connectivity index (χ2v) is 8.01. The first-order valence-electron chi connectivity index (χ1n) is 3.02. The van der Waals surface area contributed by atoms with Crippen molar-refractivity contribution in [2.75, 3.05) is 6.26 Å². The molecule has 0 bridgehead atoms. The molecule has 0 amide bonds. The molecule has 0 aliphatic heterocycles. The van der Waals surface area contributed by atoms with Crippen molar-refractivity contribution in [3.63, 3.8) is 0 Å². The third-order valence-corrected chi connectivity index (χ3v) is 6.70. The van der Waals surface area contributed by atoms with Crippen molar-refractivity contribution in [1.29, 1.82) is 0 Å². The second-order valence-electron chi connectivity index (χ2n) is 2.02. The monoisotopic (exact) mass is 259 g/mol. The lowest BCUT2D eigenvalue weighted by molar-refractivity contribution is 1.24. The molecule has 6 heteroatoms. The van der Waals surface area contributed by atoms with Crippen molar-refractivity contribution in [2.24, 2.45) is 0 Å². The molecule has 1 aromatic heterocycles. The fourth-order valence-corrected chi connectivity index (χ4v) is 3.74. The molecule has 0 N–H and O–H groups in total. The lowest BCUT2D eigenvalue weighted by Crippen LogP contribution is -1.82. The van der Waals surface area contributed by atoms with Crippen molar-refractivity contribution in [3.8, 4) is 0 Å². The maximum Gasteiger partial charge on any atom is 0.143 e. The van der Waals surface area contributed by atoms with Crippen LogP contribution in [0.15, 0.2) is 17.0 Å². The van der Waals surface area contributed by atoms with Crippen molar-refractivity contribution in [3.05, 3.63) is 22.4 Å². The van der Waals surface area contributed by atoms with Crippen molar-refractivity contribution in [2.45, 2.75) is 4.90 Å². The van der Waals surface area contributed by atoms with Crippen LogP contribution in [0.4, 0.5) is 0 Å². The average molecular weight is 260 g/mol. The van der Waals surface area contributed by atoms with Crippen LogP contribution in [0, 0.1) is 0 Å². The van der Waals surface area contributed by atoms with E-state index in [0.717, 1.165) is 4.90 Å². The molecule has 0 spiro atoms. The summed E-state index contributed by atoms with van der Waals surface area (Å²) in [4.78, 5) is 4.97. The molecule has 1 heterocycles. The summed E-state index contributed by atoms with van der Waals surface area (Å²) in [7, 11) is 1.11. The summed E-state index contributed by atoms with van der Waals surface area (Å²) < 4.78 is 0. The van der Waals surface area contributed by atoms with Crippen LogP contribution in [0.1, 0.15) is 0 Å². The van der Waals surface area contributed by atoms with E-state index >= 15 is 0 Å². The van der Waals surface area contributed by atoms with Crippen molar-refractivity contribution in [1.82, 2.24) is 4.98 Å². The lowest BCUT2D eigenvalue weighted by Gasteiger charge is -2.12. The largest absolute Gasteiger partial charge is 0.223 e. The Kier molecular flexibility index (Phi) is 4.40. The number of hydrogen-bond acceptors (Lipinski definition) is 3. The number of aromatic nitrogens is 1. The first-order chi connectivity index (χ1) is 5.65. The Labute approximate surface area is 92.8 Å². The number of nitrogens with zero attached hydrogens (tertiary/aromatic N) is 1.